The minimum Gasteiger partial charge on any atom is -0.300 e. The van der Waals surface area contributed by atoms with E-state index in [9.17, 15) is 8.42 Å². The lowest BCUT2D eigenvalue weighted by Gasteiger charge is -2.37. The van der Waals surface area contributed by atoms with Crippen LogP contribution in [0.1, 0.15) is 31.7 Å². The van der Waals surface area contributed by atoms with Crippen LogP contribution in [0.5, 0.6) is 0 Å². The molecule has 0 saturated carbocycles. The van der Waals surface area contributed by atoms with E-state index in [1.807, 2.05) is 0 Å². The molecule has 5 heteroatoms. The fourth-order valence-corrected chi connectivity index (χ4v) is 3.67. The standard InChI is InChI=1S/C17H28N2O2S/c1-15(10-11-16-7-4-3-5-8-16)19-12-6-9-17(14-19)13-18-22(2,20)21/h3-5,7-8,15,17-18H,6,9-14H2,1-2H3/t15-,17-/m0/s1. The second-order valence-corrected chi connectivity index (χ2v) is 8.33. The van der Waals surface area contributed by atoms with Gasteiger partial charge in [0, 0.05) is 19.1 Å². The van der Waals surface area contributed by atoms with Gasteiger partial charge in [0.15, 0.2) is 0 Å². The summed E-state index contributed by atoms with van der Waals surface area (Å²) in [5, 5.41) is 0. The minimum atomic E-state index is -3.08. The van der Waals surface area contributed by atoms with Gasteiger partial charge in [-0.25, -0.2) is 13.1 Å². The van der Waals surface area contributed by atoms with Gasteiger partial charge in [0.2, 0.25) is 10.0 Å². The Morgan fingerprint density at radius 2 is 2.05 bits per heavy atom. The summed E-state index contributed by atoms with van der Waals surface area (Å²) in [4.78, 5) is 2.51. The van der Waals surface area contributed by atoms with Crippen molar-refractivity contribution in [3.8, 4) is 0 Å². The maximum absolute atomic E-state index is 11.2. The predicted octanol–water partition coefficient (Wildman–Crippen LogP) is 2.27. The largest absolute Gasteiger partial charge is 0.300 e. The molecule has 0 unspecified atom stereocenters. The van der Waals surface area contributed by atoms with Crippen LogP contribution in [0.2, 0.25) is 0 Å². The van der Waals surface area contributed by atoms with Crippen LogP contribution < -0.4 is 4.72 Å². The topological polar surface area (TPSA) is 49.4 Å². The van der Waals surface area contributed by atoms with Crippen LogP contribution in [0.4, 0.5) is 0 Å². The monoisotopic (exact) mass is 324 g/mol. The number of piperidine rings is 1. The summed E-state index contributed by atoms with van der Waals surface area (Å²) in [7, 11) is -3.08. The van der Waals surface area contributed by atoms with E-state index in [2.05, 4.69) is 46.9 Å². The van der Waals surface area contributed by atoms with Crippen molar-refractivity contribution in [1.29, 1.82) is 0 Å². The fourth-order valence-electron chi connectivity index (χ4n) is 3.14. The molecule has 1 N–H and O–H groups in total. The Bertz CT molecular complexity index is 545. The average Bonchev–Trinajstić information content (AvgIpc) is 2.51. The van der Waals surface area contributed by atoms with Gasteiger partial charge in [-0.1, -0.05) is 30.3 Å². The highest BCUT2D eigenvalue weighted by Crippen LogP contribution is 2.20. The lowest BCUT2D eigenvalue weighted by atomic mass is 9.95. The van der Waals surface area contributed by atoms with E-state index in [0.29, 0.717) is 18.5 Å². The molecule has 4 nitrogen and oxygen atoms in total. The molecule has 2 rings (SSSR count). The van der Waals surface area contributed by atoms with E-state index < -0.39 is 10.0 Å². The molecule has 1 heterocycles. The molecule has 124 valence electrons. The molecular weight excluding hydrogens is 296 g/mol. The van der Waals surface area contributed by atoms with Gasteiger partial charge in [-0.2, -0.15) is 0 Å². The Morgan fingerprint density at radius 1 is 1.32 bits per heavy atom. The van der Waals surface area contributed by atoms with E-state index >= 15 is 0 Å². The van der Waals surface area contributed by atoms with Gasteiger partial charge in [-0.3, -0.25) is 0 Å². The van der Waals surface area contributed by atoms with Crippen molar-refractivity contribution in [1.82, 2.24) is 9.62 Å². The molecule has 22 heavy (non-hydrogen) atoms. The van der Waals surface area contributed by atoms with Crippen LogP contribution in [-0.4, -0.2) is 45.2 Å². The lowest BCUT2D eigenvalue weighted by Crippen LogP contribution is -2.44. The highest BCUT2D eigenvalue weighted by molar-refractivity contribution is 7.88. The molecule has 1 saturated heterocycles. The molecule has 0 radical (unpaired) electrons. The Morgan fingerprint density at radius 3 is 2.73 bits per heavy atom. The van der Waals surface area contributed by atoms with Crippen molar-refractivity contribution in [2.24, 2.45) is 5.92 Å². The Balaban J connectivity index is 1.78. The van der Waals surface area contributed by atoms with Gasteiger partial charge < -0.3 is 4.90 Å². The van der Waals surface area contributed by atoms with Gasteiger partial charge in [-0.15, -0.1) is 0 Å². The molecular formula is C17H28N2O2S. The van der Waals surface area contributed by atoms with Crippen LogP contribution in [-0.2, 0) is 16.4 Å². The van der Waals surface area contributed by atoms with Crippen LogP contribution in [0.3, 0.4) is 0 Å². The van der Waals surface area contributed by atoms with Crippen LogP contribution >= 0.6 is 0 Å². The predicted molar refractivity (Wildman–Crippen MR) is 91.4 cm³/mol. The molecule has 1 fully saturated rings. The maximum Gasteiger partial charge on any atom is 0.208 e. The zero-order valence-corrected chi connectivity index (χ0v) is 14.5. The number of hydrogen-bond donors (Lipinski definition) is 1. The number of likely N-dealkylation sites (tertiary alicyclic amines) is 1. The van der Waals surface area contributed by atoms with Crippen molar-refractivity contribution in [2.75, 3.05) is 25.9 Å². The van der Waals surface area contributed by atoms with Crippen molar-refractivity contribution in [3.05, 3.63) is 35.9 Å². The number of rotatable bonds is 7. The third kappa shape index (κ3) is 6.07. The second kappa shape index (κ2) is 8.09. The smallest absolute Gasteiger partial charge is 0.208 e. The molecule has 0 aliphatic carbocycles. The van der Waals surface area contributed by atoms with E-state index in [1.54, 1.807) is 0 Å². The highest BCUT2D eigenvalue weighted by atomic mass is 32.2. The first-order valence-electron chi connectivity index (χ1n) is 8.16. The SMILES string of the molecule is C[C@@H](CCc1ccccc1)N1CCC[C@@H](CNS(C)(=O)=O)C1. The van der Waals surface area contributed by atoms with Crippen molar-refractivity contribution in [2.45, 2.75) is 38.6 Å². The van der Waals surface area contributed by atoms with Crippen LogP contribution in [0, 0.1) is 5.92 Å². The first kappa shape index (κ1) is 17.4. The van der Waals surface area contributed by atoms with Crippen molar-refractivity contribution in [3.63, 3.8) is 0 Å². The minimum absolute atomic E-state index is 0.433. The van der Waals surface area contributed by atoms with Gasteiger partial charge >= 0.3 is 0 Å². The van der Waals surface area contributed by atoms with E-state index in [4.69, 9.17) is 0 Å². The Labute approximate surface area is 135 Å². The Kier molecular flexibility index (Phi) is 6.41. The number of hydrogen-bond acceptors (Lipinski definition) is 3. The summed E-state index contributed by atoms with van der Waals surface area (Å²) in [6.45, 7) is 4.99. The molecule has 1 aromatic rings. The highest BCUT2D eigenvalue weighted by Gasteiger charge is 2.23. The molecule has 1 aromatic carbocycles. The number of nitrogens with one attached hydrogen (secondary N) is 1. The first-order chi connectivity index (χ1) is 10.4. The van der Waals surface area contributed by atoms with Crippen molar-refractivity contribution < 1.29 is 8.42 Å². The number of sulfonamides is 1. The summed E-state index contributed by atoms with van der Waals surface area (Å²) in [6.07, 6.45) is 5.76. The summed E-state index contributed by atoms with van der Waals surface area (Å²) < 4.78 is 25.1. The molecule has 1 aliphatic heterocycles. The number of nitrogens with zero attached hydrogens (tertiary/aromatic N) is 1. The maximum atomic E-state index is 11.2. The quantitative estimate of drug-likeness (QED) is 0.837. The zero-order chi connectivity index (χ0) is 16.0. The van der Waals surface area contributed by atoms with Gasteiger partial charge in [0.05, 0.1) is 6.26 Å². The number of aryl methyl sites for hydroxylation is 1. The third-order valence-electron chi connectivity index (χ3n) is 4.50. The van der Waals surface area contributed by atoms with E-state index in [0.717, 1.165) is 38.8 Å². The molecule has 0 aromatic heterocycles. The molecule has 1 aliphatic rings. The van der Waals surface area contributed by atoms with Gasteiger partial charge in [0.25, 0.3) is 0 Å². The van der Waals surface area contributed by atoms with Crippen LogP contribution in [0.15, 0.2) is 30.3 Å². The fraction of sp³-hybridized carbons (Fsp3) is 0.647. The van der Waals surface area contributed by atoms with Gasteiger partial charge in [0.1, 0.15) is 0 Å². The lowest BCUT2D eigenvalue weighted by molar-refractivity contribution is 0.127. The van der Waals surface area contributed by atoms with Gasteiger partial charge in [-0.05, 0) is 50.6 Å². The molecule has 0 bridgehead atoms. The Hall–Kier alpha value is -0.910. The van der Waals surface area contributed by atoms with Crippen LogP contribution in [0.25, 0.3) is 0 Å². The normalized spacial score (nSPS) is 21.6. The third-order valence-corrected chi connectivity index (χ3v) is 5.19. The summed E-state index contributed by atoms with van der Waals surface area (Å²) in [6, 6.07) is 11.1. The van der Waals surface area contributed by atoms with E-state index in [-0.39, 0.29) is 0 Å². The first-order valence-corrected chi connectivity index (χ1v) is 10.1. The summed E-state index contributed by atoms with van der Waals surface area (Å²) in [5.41, 5.74) is 1.39. The van der Waals surface area contributed by atoms with E-state index in [1.165, 1.54) is 11.8 Å². The second-order valence-electron chi connectivity index (χ2n) is 6.50. The molecule has 2 atom stereocenters. The molecule has 0 spiro atoms. The zero-order valence-electron chi connectivity index (χ0n) is 13.7. The number of benzene rings is 1. The average molecular weight is 324 g/mol. The summed E-state index contributed by atoms with van der Waals surface area (Å²) in [5.74, 6) is 0.433. The molecule has 0 amide bonds. The van der Waals surface area contributed by atoms with Crippen molar-refractivity contribution >= 4 is 10.0 Å². The summed E-state index contributed by atoms with van der Waals surface area (Å²) >= 11 is 0.